The van der Waals surface area contributed by atoms with E-state index >= 15 is 0 Å². The second-order valence-electron chi connectivity index (χ2n) is 4.67. The Hall–Kier alpha value is -2.05. The molecule has 7 heteroatoms. The van der Waals surface area contributed by atoms with Crippen molar-refractivity contribution in [2.45, 2.75) is 25.3 Å². The molecule has 2 unspecified atom stereocenters. The number of likely N-dealkylation sites (tertiary alicyclic amines) is 1. The number of hydrogen-bond acceptors (Lipinski definition) is 4. The van der Waals surface area contributed by atoms with Crippen molar-refractivity contribution in [2.24, 2.45) is 5.92 Å². The molecule has 0 bridgehead atoms. The van der Waals surface area contributed by atoms with Gasteiger partial charge in [-0.15, -0.1) is 6.58 Å². The molecule has 1 saturated heterocycles. The van der Waals surface area contributed by atoms with Gasteiger partial charge in [0, 0.05) is 13.1 Å². The molecule has 1 aliphatic rings. The Morgan fingerprint density at radius 3 is 2.80 bits per heavy atom. The predicted molar refractivity (Wildman–Crippen MR) is 71.1 cm³/mol. The van der Waals surface area contributed by atoms with E-state index in [1.165, 1.54) is 18.1 Å². The Bertz CT molecular complexity index is 396. The van der Waals surface area contributed by atoms with Crippen LogP contribution in [-0.2, 0) is 14.3 Å². The van der Waals surface area contributed by atoms with E-state index in [-0.39, 0.29) is 24.9 Å². The van der Waals surface area contributed by atoms with E-state index < -0.39 is 18.0 Å². The first kappa shape index (κ1) is 16.0. The van der Waals surface area contributed by atoms with E-state index in [2.05, 4.69) is 16.6 Å². The van der Waals surface area contributed by atoms with Crippen LogP contribution in [0.1, 0.15) is 19.3 Å². The number of piperidine rings is 1. The Morgan fingerprint density at radius 1 is 1.55 bits per heavy atom. The van der Waals surface area contributed by atoms with Gasteiger partial charge in [0.2, 0.25) is 0 Å². The van der Waals surface area contributed by atoms with Gasteiger partial charge in [-0.25, -0.2) is 9.59 Å². The highest BCUT2D eigenvalue weighted by molar-refractivity contribution is 5.83. The van der Waals surface area contributed by atoms with Crippen LogP contribution in [0, 0.1) is 5.92 Å². The summed E-state index contributed by atoms with van der Waals surface area (Å²) in [6.07, 6.45) is 2.94. The van der Waals surface area contributed by atoms with Crippen LogP contribution in [0.15, 0.2) is 12.7 Å². The van der Waals surface area contributed by atoms with Crippen LogP contribution in [-0.4, -0.2) is 54.2 Å². The molecule has 0 saturated carbocycles. The molecule has 7 nitrogen and oxygen atoms in total. The molecule has 1 aliphatic heterocycles. The molecule has 1 fully saturated rings. The summed E-state index contributed by atoms with van der Waals surface area (Å²) in [5.74, 6) is -1.80. The molecular weight excluding hydrogens is 264 g/mol. The normalized spacial score (nSPS) is 19.9. The summed E-state index contributed by atoms with van der Waals surface area (Å²) in [7, 11) is 1.31. The average molecular weight is 284 g/mol. The predicted octanol–water partition coefficient (Wildman–Crippen LogP) is 0.610. The van der Waals surface area contributed by atoms with E-state index in [1.807, 2.05) is 0 Å². The van der Waals surface area contributed by atoms with Crippen molar-refractivity contribution < 1.29 is 24.2 Å². The first-order chi connectivity index (χ1) is 9.49. The van der Waals surface area contributed by atoms with Gasteiger partial charge in [0.25, 0.3) is 0 Å². The van der Waals surface area contributed by atoms with Crippen LogP contribution in [0.4, 0.5) is 4.79 Å². The summed E-state index contributed by atoms with van der Waals surface area (Å²) >= 11 is 0. The summed E-state index contributed by atoms with van der Waals surface area (Å²) < 4.78 is 4.67. The first-order valence-electron chi connectivity index (χ1n) is 6.46. The topological polar surface area (TPSA) is 95.9 Å². The van der Waals surface area contributed by atoms with Crippen LogP contribution < -0.4 is 5.32 Å². The molecule has 0 radical (unpaired) electrons. The maximum atomic E-state index is 12.0. The standard InChI is InChI=1S/C13H20N2O5/c1-3-5-10(11(16)17)14-13(19)15-7-4-6-9(8-15)12(18)20-2/h3,9-10H,1,4-8H2,2H3,(H,14,19)(H,16,17). The van der Waals surface area contributed by atoms with Crippen molar-refractivity contribution in [3.63, 3.8) is 0 Å². The van der Waals surface area contributed by atoms with Gasteiger partial charge in [-0.1, -0.05) is 6.08 Å². The summed E-state index contributed by atoms with van der Waals surface area (Å²) in [5.41, 5.74) is 0. The molecule has 2 amide bonds. The zero-order valence-corrected chi connectivity index (χ0v) is 11.5. The van der Waals surface area contributed by atoms with Crippen molar-refractivity contribution in [2.75, 3.05) is 20.2 Å². The zero-order chi connectivity index (χ0) is 15.1. The van der Waals surface area contributed by atoms with E-state index in [0.717, 1.165) is 0 Å². The molecule has 0 aromatic heterocycles. The number of nitrogens with one attached hydrogen (secondary N) is 1. The largest absolute Gasteiger partial charge is 0.480 e. The number of aliphatic carboxylic acids is 1. The van der Waals surface area contributed by atoms with Gasteiger partial charge in [0.15, 0.2) is 0 Å². The van der Waals surface area contributed by atoms with E-state index in [0.29, 0.717) is 19.4 Å². The minimum Gasteiger partial charge on any atom is -0.480 e. The number of urea groups is 1. The number of amides is 2. The summed E-state index contributed by atoms with van der Waals surface area (Å²) in [6, 6.07) is -1.48. The minimum absolute atomic E-state index is 0.148. The molecule has 1 heterocycles. The summed E-state index contributed by atoms with van der Waals surface area (Å²) in [5, 5.41) is 11.4. The fourth-order valence-electron chi connectivity index (χ4n) is 2.15. The van der Waals surface area contributed by atoms with Crippen LogP contribution in [0.2, 0.25) is 0 Å². The van der Waals surface area contributed by atoms with Gasteiger partial charge in [-0.3, -0.25) is 4.79 Å². The number of hydrogen-bond donors (Lipinski definition) is 2. The van der Waals surface area contributed by atoms with Gasteiger partial charge in [-0.05, 0) is 19.3 Å². The van der Waals surface area contributed by atoms with Gasteiger partial charge >= 0.3 is 18.0 Å². The number of nitrogens with zero attached hydrogens (tertiary/aromatic N) is 1. The number of methoxy groups -OCH3 is 1. The zero-order valence-electron chi connectivity index (χ0n) is 11.5. The highest BCUT2D eigenvalue weighted by Gasteiger charge is 2.30. The number of esters is 1. The van der Waals surface area contributed by atoms with Gasteiger partial charge < -0.3 is 20.1 Å². The average Bonchev–Trinajstić information content (AvgIpc) is 2.45. The van der Waals surface area contributed by atoms with Crippen molar-refractivity contribution in [1.29, 1.82) is 0 Å². The SMILES string of the molecule is C=CCC(NC(=O)N1CCCC(C(=O)OC)C1)C(=O)O. The number of rotatable bonds is 5. The number of carbonyl (C=O) groups is 3. The number of carboxylic acids is 1. The van der Waals surface area contributed by atoms with Crippen molar-refractivity contribution in [1.82, 2.24) is 10.2 Å². The Balaban J connectivity index is 2.59. The summed E-state index contributed by atoms with van der Waals surface area (Å²) in [6.45, 7) is 4.21. The van der Waals surface area contributed by atoms with Crippen molar-refractivity contribution in [3.05, 3.63) is 12.7 Å². The number of carboxylic acid groups (broad SMARTS) is 1. The van der Waals surface area contributed by atoms with Crippen LogP contribution in [0.3, 0.4) is 0 Å². The lowest BCUT2D eigenvalue weighted by molar-refractivity contribution is -0.147. The van der Waals surface area contributed by atoms with Crippen molar-refractivity contribution in [3.8, 4) is 0 Å². The number of ether oxygens (including phenoxy) is 1. The smallest absolute Gasteiger partial charge is 0.326 e. The molecule has 20 heavy (non-hydrogen) atoms. The third-order valence-corrected chi connectivity index (χ3v) is 3.24. The Kier molecular flexibility index (Phi) is 6.02. The quantitative estimate of drug-likeness (QED) is 0.569. The lowest BCUT2D eigenvalue weighted by atomic mass is 9.98. The molecule has 2 atom stereocenters. The van der Waals surface area contributed by atoms with Gasteiger partial charge in [0.1, 0.15) is 6.04 Å². The molecule has 0 aromatic carbocycles. The van der Waals surface area contributed by atoms with Crippen LogP contribution >= 0.6 is 0 Å². The fraction of sp³-hybridized carbons (Fsp3) is 0.615. The lowest BCUT2D eigenvalue weighted by Gasteiger charge is -2.32. The first-order valence-corrected chi connectivity index (χ1v) is 6.46. The van der Waals surface area contributed by atoms with E-state index in [1.54, 1.807) is 0 Å². The fourth-order valence-corrected chi connectivity index (χ4v) is 2.15. The maximum absolute atomic E-state index is 12.0. The molecule has 1 rings (SSSR count). The third-order valence-electron chi connectivity index (χ3n) is 3.24. The highest BCUT2D eigenvalue weighted by atomic mass is 16.5. The molecule has 0 spiro atoms. The van der Waals surface area contributed by atoms with Crippen LogP contribution in [0.25, 0.3) is 0 Å². The molecule has 0 aromatic rings. The van der Waals surface area contributed by atoms with Crippen molar-refractivity contribution >= 4 is 18.0 Å². The second kappa shape index (κ2) is 7.52. The van der Waals surface area contributed by atoms with Gasteiger partial charge in [0.05, 0.1) is 13.0 Å². The highest BCUT2D eigenvalue weighted by Crippen LogP contribution is 2.17. The van der Waals surface area contributed by atoms with Crippen LogP contribution in [0.5, 0.6) is 0 Å². The third kappa shape index (κ3) is 4.25. The summed E-state index contributed by atoms with van der Waals surface area (Å²) in [4.78, 5) is 35.9. The number of carbonyl (C=O) groups excluding carboxylic acids is 2. The maximum Gasteiger partial charge on any atom is 0.326 e. The van der Waals surface area contributed by atoms with Gasteiger partial charge in [-0.2, -0.15) is 0 Å². The second-order valence-corrected chi connectivity index (χ2v) is 4.67. The Labute approximate surface area is 117 Å². The molecule has 2 N–H and O–H groups in total. The molecule has 112 valence electrons. The van der Waals surface area contributed by atoms with E-state index in [4.69, 9.17) is 5.11 Å². The molecule has 0 aliphatic carbocycles. The lowest BCUT2D eigenvalue weighted by Crippen LogP contribution is -2.51. The Morgan fingerprint density at radius 2 is 2.25 bits per heavy atom. The minimum atomic E-state index is -1.11. The molecular formula is C13H20N2O5. The monoisotopic (exact) mass is 284 g/mol. The van der Waals surface area contributed by atoms with E-state index in [9.17, 15) is 14.4 Å².